The fraction of sp³-hybridized carbons (Fsp3) is 0.346. The van der Waals surface area contributed by atoms with E-state index in [9.17, 15) is 4.79 Å². The van der Waals surface area contributed by atoms with Gasteiger partial charge < -0.3 is 9.47 Å². The zero-order valence-electron chi connectivity index (χ0n) is 19.8. The van der Waals surface area contributed by atoms with Crippen molar-refractivity contribution in [2.24, 2.45) is 7.05 Å². The lowest BCUT2D eigenvalue weighted by molar-refractivity contribution is 0.0991. The Labute approximate surface area is 199 Å². The summed E-state index contributed by atoms with van der Waals surface area (Å²) in [6, 6.07) is 12.2. The fourth-order valence-electron chi connectivity index (χ4n) is 4.47. The van der Waals surface area contributed by atoms with E-state index in [4.69, 9.17) is 0 Å². The number of hydrogen-bond acceptors (Lipinski definition) is 7. The van der Waals surface area contributed by atoms with E-state index in [-0.39, 0.29) is 12.2 Å². The number of piperazine rings is 1. The van der Waals surface area contributed by atoms with Crippen molar-refractivity contribution >= 4 is 22.5 Å². The van der Waals surface area contributed by atoms with Gasteiger partial charge in [-0.05, 0) is 44.2 Å². The quantitative estimate of drug-likeness (QED) is 0.412. The number of fused-ring (bicyclic) bond motifs is 1. The van der Waals surface area contributed by atoms with Gasteiger partial charge in [0, 0.05) is 62.0 Å². The first-order valence-electron chi connectivity index (χ1n) is 11.7. The molecule has 1 aromatic carbocycles. The number of carbonyl (C=O) groups excluding carboxylic acids is 1. The van der Waals surface area contributed by atoms with Crippen LogP contribution in [0.15, 0.2) is 55.1 Å². The molecule has 0 N–H and O–H groups in total. The number of aromatic nitrogens is 5. The van der Waals surface area contributed by atoms with Crippen molar-refractivity contribution in [2.45, 2.75) is 26.3 Å². The molecule has 0 saturated carbocycles. The first-order chi connectivity index (χ1) is 16.5. The minimum absolute atomic E-state index is 0.0147. The van der Waals surface area contributed by atoms with Gasteiger partial charge in [0.2, 0.25) is 0 Å². The van der Waals surface area contributed by atoms with E-state index in [2.05, 4.69) is 49.9 Å². The molecule has 0 unspecified atom stereocenters. The second kappa shape index (κ2) is 9.30. The second-order valence-electron chi connectivity index (χ2n) is 9.12. The van der Waals surface area contributed by atoms with Crippen LogP contribution < -0.4 is 4.90 Å². The van der Waals surface area contributed by atoms with Gasteiger partial charge in [-0.15, -0.1) is 0 Å². The highest BCUT2D eigenvalue weighted by molar-refractivity contribution is 5.98. The largest absolute Gasteiger partial charge is 0.354 e. The Morgan fingerprint density at radius 3 is 2.59 bits per heavy atom. The predicted molar refractivity (Wildman–Crippen MR) is 133 cm³/mol. The molecule has 3 aromatic heterocycles. The maximum Gasteiger partial charge on any atom is 0.169 e. The maximum atomic E-state index is 13.1. The number of ketones is 1. The number of nitrogens with zero attached hydrogens (tertiary/aromatic N) is 7. The molecule has 5 rings (SSSR count). The van der Waals surface area contributed by atoms with Gasteiger partial charge in [-0.2, -0.15) is 10.2 Å². The Morgan fingerprint density at radius 2 is 1.85 bits per heavy atom. The third-order valence-corrected chi connectivity index (χ3v) is 6.53. The minimum atomic E-state index is 0.0147. The molecule has 1 aliphatic heterocycles. The smallest absolute Gasteiger partial charge is 0.169 e. The molecule has 0 bridgehead atoms. The van der Waals surface area contributed by atoms with Crippen molar-refractivity contribution in [1.29, 1.82) is 0 Å². The highest BCUT2D eigenvalue weighted by atomic mass is 16.1. The molecule has 8 heteroatoms. The van der Waals surface area contributed by atoms with Crippen LogP contribution in [0.5, 0.6) is 0 Å². The summed E-state index contributed by atoms with van der Waals surface area (Å²) in [6.45, 7) is 8.29. The van der Waals surface area contributed by atoms with Crippen LogP contribution in [-0.2, 0) is 13.5 Å². The Balaban J connectivity index is 1.32. The van der Waals surface area contributed by atoms with Crippen LogP contribution in [0.2, 0.25) is 0 Å². The van der Waals surface area contributed by atoms with Gasteiger partial charge in [0.05, 0.1) is 35.8 Å². The first-order valence-corrected chi connectivity index (χ1v) is 11.7. The lowest BCUT2D eigenvalue weighted by atomic mass is 10.0. The zero-order chi connectivity index (χ0) is 23.7. The molecule has 4 heterocycles. The highest BCUT2D eigenvalue weighted by Crippen LogP contribution is 2.24. The number of Topliss-reactive ketones (excluding diaryl/α,β-unsaturated/α-hetero) is 1. The number of rotatable bonds is 6. The van der Waals surface area contributed by atoms with Crippen molar-refractivity contribution in [3.8, 4) is 11.3 Å². The van der Waals surface area contributed by atoms with Crippen molar-refractivity contribution in [3.63, 3.8) is 0 Å². The van der Waals surface area contributed by atoms with Gasteiger partial charge in [-0.25, -0.2) is 9.97 Å². The van der Waals surface area contributed by atoms with E-state index in [1.54, 1.807) is 18.6 Å². The molecule has 0 spiro atoms. The summed E-state index contributed by atoms with van der Waals surface area (Å²) in [7, 11) is 1.97. The lowest BCUT2D eigenvalue weighted by Gasteiger charge is -2.37. The Hall–Kier alpha value is -3.65. The van der Waals surface area contributed by atoms with E-state index in [1.165, 1.54) is 0 Å². The molecular formula is C26H29N7O. The fourth-order valence-corrected chi connectivity index (χ4v) is 4.47. The highest BCUT2D eigenvalue weighted by Gasteiger charge is 2.20. The van der Waals surface area contributed by atoms with Crippen LogP contribution >= 0.6 is 0 Å². The van der Waals surface area contributed by atoms with E-state index < -0.39 is 0 Å². The Kier molecular flexibility index (Phi) is 6.06. The minimum Gasteiger partial charge on any atom is -0.354 e. The van der Waals surface area contributed by atoms with Gasteiger partial charge in [-0.1, -0.05) is 6.07 Å². The summed E-state index contributed by atoms with van der Waals surface area (Å²) in [5.74, 6) is 0.876. The number of pyridine rings is 1. The standard InChI is InChI=1S/C26H29N7O/c1-18(2)32-8-10-33(11-9-32)26-14-20(6-7-28-26)25(34)15-22-13-21-12-19(4-5-23(21)30-29-22)24-16-27-17-31(24)3/h4-7,12-14,16-18H,8-11,15H2,1-3H3. The normalized spacial score (nSPS) is 14.8. The van der Waals surface area contributed by atoms with Gasteiger partial charge >= 0.3 is 0 Å². The molecule has 1 saturated heterocycles. The van der Waals surface area contributed by atoms with Crippen LogP contribution in [-0.4, -0.2) is 67.6 Å². The van der Waals surface area contributed by atoms with Crippen LogP contribution in [0.3, 0.4) is 0 Å². The molecule has 174 valence electrons. The van der Waals surface area contributed by atoms with Gasteiger partial charge in [0.15, 0.2) is 5.78 Å². The third kappa shape index (κ3) is 4.54. The van der Waals surface area contributed by atoms with Gasteiger partial charge in [0.1, 0.15) is 5.82 Å². The molecule has 1 fully saturated rings. The molecule has 0 atom stereocenters. The summed E-state index contributed by atoms with van der Waals surface area (Å²) < 4.78 is 1.98. The molecule has 34 heavy (non-hydrogen) atoms. The number of benzene rings is 1. The molecule has 0 aliphatic carbocycles. The summed E-state index contributed by atoms with van der Waals surface area (Å²) in [5, 5.41) is 9.59. The van der Waals surface area contributed by atoms with Crippen LogP contribution in [0, 0.1) is 0 Å². The molecule has 4 aromatic rings. The van der Waals surface area contributed by atoms with Crippen molar-refractivity contribution < 1.29 is 4.79 Å². The molecular weight excluding hydrogens is 426 g/mol. The average Bonchev–Trinajstić information content (AvgIpc) is 3.29. The third-order valence-electron chi connectivity index (χ3n) is 6.53. The maximum absolute atomic E-state index is 13.1. The average molecular weight is 456 g/mol. The van der Waals surface area contributed by atoms with E-state index in [1.807, 2.05) is 42.1 Å². The number of carbonyl (C=O) groups is 1. The Bertz CT molecular complexity index is 1320. The van der Waals surface area contributed by atoms with E-state index >= 15 is 0 Å². The molecule has 0 amide bonds. The van der Waals surface area contributed by atoms with Gasteiger partial charge in [0.25, 0.3) is 0 Å². The predicted octanol–water partition coefficient (Wildman–Crippen LogP) is 3.38. The molecule has 0 radical (unpaired) electrons. The lowest BCUT2D eigenvalue weighted by Crippen LogP contribution is -2.49. The van der Waals surface area contributed by atoms with E-state index in [0.29, 0.717) is 17.3 Å². The monoisotopic (exact) mass is 455 g/mol. The molecule has 8 nitrogen and oxygen atoms in total. The zero-order valence-corrected chi connectivity index (χ0v) is 19.8. The number of aryl methyl sites for hydroxylation is 1. The Morgan fingerprint density at radius 1 is 1.03 bits per heavy atom. The SMILES string of the molecule is CC(C)N1CCN(c2cc(C(=O)Cc3cc4cc(-c5cncn5C)ccc4nn3)ccn2)CC1. The molecule has 1 aliphatic rings. The van der Waals surface area contributed by atoms with Crippen LogP contribution in [0.1, 0.15) is 29.9 Å². The summed E-state index contributed by atoms with van der Waals surface area (Å²) in [5.41, 5.74) is 4.18. The summed E-state index contributed by atoms with van der Waals surface area (Å²) in [6.07, 6.45) is 5.54. The second-order valence-corrected chi connectivity index (χ2v) is 9.12. The summed E-state index contributed by atoms with van der Waals surface area (Å²) >= 11 is 0. The van der Waals surface area contributed by atoms with Crippen molar-refractivity contribution in [2.75, 3.05) is 31.1 Å². The summed E-state index contributed by atoms with van der Waals surface area (Å²) in [4.78, 5) is 26.5. The van der Waals surface area contributed by atoms with Crippen molar-refractivity contribution in [3.05, 3.63) is 66.4 Å². The number of imidazole rings is 1. The first kappa shape index (κ1) is 22.2. The number of anilines is 1. The van der Waals surface area contributed by atoms with E-state index in [0.717, 1.165) is 54.2 Å². The van der Waals surface area contributed by atoms with Crippen LogP contribution in [0.4, 0.5) is 5.82 Å². The number of hydrogen-bond donors (Lipinski definition) is 0. The van der Waals surface area contributed by atoms with Crippen molar-refractivity contribution in [1.82, 2.24) is 29.6 Å². The van der Waals surface area contributed by atoms with Gasteiger partial charge in [-0.3, -0.25) is 9.69 Å². The topological polar surface area (TPSA) is 80.0 Å². The van der Waals surface area contributed by atoms with Crippen LogP contribution in [0.25, 0.3) is 22.2 Å².